The molecule has 4 heterocycles. The van der Waals surface area contributed by atoms with Crippen molar-refractivity contribution >= 4 is 22.8 Å². The molecule has 0 aliphatic carbocycles. The van der Waals surface area contributed by atoms with Gasteiger partial charge in [0, 0.05) is 35.5 Å². The average molecular weight is 337 g/mol. The van der Waals surface area contributed by atoms with Crippen LogP contribution in [0.25, 0.3) is 10.9 Å². The largest absolute Gasteiger partial charge is 0.550 e. The van der Waals surface area contributed by atoms with Crippen LogP contribution in [0.2, 0.25) is 0 Å². The number of nitrogens with zero attached hydrogens (tertiary/aromatic N) is 1. The summed E-state index contributed by atoms with van der Waals surface area (Å²) in [5, 5.41) is 12.6. The van der Waals surface area contributed by atoms with Crippen LogP contribution in [0.1, 0.15) is 5.56 Å². The molecule has 0 radical (unpaired) electrons. The van der Waals surface area contributed by atoms with Gasteiger partial charge in [0.1, 0.15) is 5.60 Å². The maximum absolute atomic E-state index is 12.8. The fraction of sp³-hybridized carbons (Fsp3) is 0.368. The maximum Gasteiger partial charge on any atom is 0.229 e. The molecule has 3 aliphatic heterocycles. The number of carboxylic acid groups (broad SMARTS) is 1. The Morgan fingerprint density at radius 2 is 2.24 bits per heavy atom. The molecule has 25 heavy (non-hydrogen) atoms. The van der Waals surface area contributed by atoms with Gasteiger partial charge in [-0.3, -0.25) is 4.79 Å². The lowest BCUT2D eigenvalue weighted by molar-refractivity contribution is -0.313. The Kier molecular flexibility index (Phi) is 2.92. The quantitative estimate of drug-likeness (QED) is 0.810. The number of hydrogen-bond acceptors (Lipinski definition) is 4. The van der Waals surface area contributed by atoms with E-state index in [1.165, 1.54) is 0 Å². The number of amides is 1. The summed E-state index contributed by atoms with van der Waals surface area (Å²) in [5.41, 5.74) is 1.44. The first kappa shape index (κ1) is 14.7. The number of H-pyrrole nitrogens is 1. The van der Waals surface area contributed by atoms with Crippen molar-refractivity contribution in [3.63, 3.8) is 0 Å². The topological polar surface area (TPSA) is 85.5 Å². The molecule has 6 nitrogen and oxygen atoms in total. The summed E-state index contributed by atoms with van der Waals surface area (Å²) < 4.78 is 5.87. The summed E-state index contributed by atoms with van der Waals surface area (Å²) >= 11 is 0. The number of aromatic nitrogens is 1. The molecule has 2 fully saturated rings. The average Bonchev–Trinajstić information content (AvgIpc) is 3.33. The monoisotopic (exact) mass is 337 g/mol. The SMILES string of the molecule is O=C([O-])[C@H]1[C@@H]2C=C[C@]3(CN(CCc4c[nH]c5ccccc45)C(=O)[C@H]13)O2. The summed E-state index contributed by atoms with van der Waals surface area (Å²) in [6.07, 6.45) is 5.77. The third kappa shape index (κ3) is 1.94. The highest BCUT2D eigenvalue weighted by molar-refractivity contribution is 5.90. The van der Waals surface area contributed by atoms with E-state index in [0.717, 1.165) is 16.5 Å². The second-order valence-corrected chi connectivity index (χ2v) is 7.09. The molecular weight excluding hydrogens is 320 g/mol. The molecule has 1 aromatic heterocycles. The Labute approximate surface area is 144 Å². The molecule has 6 heteroatoms. The van der Waals surface area contributed by atoms with Gasteiger partial charge < -0.3 is 24.5 Å². The van der Waals surface area contributed by atoms with Gasteiger partial charge in [-0.1, -0.05) is 30.4 Å². The summed E-state index contributed by atoms with van der Waals surface area (Å²) in [7, 11) is 0. The minimum Gasteiger partial charge on any atom is -0.550 e. The van der Waals surface area contributed by atoms with Gasteiger partial charge >= 0.3 is 0 Å². The van der Waals surface area contributed by atoms with Crippen molar-refractivity contribution in [1.82, 2.24) is 9.88 Å². The molecule has 2 aromatic rings. The lowest BCUT2D eigenvalue weighted by Crippen LogP contribution is -2.45. The Morgan fingerprint density at radius 3 is 3.08 bits per heavy atom. The zero-order valence-corrected chi connectivity index (χ0v) is 13.5. The van der Waals surface area contributed by atoms with E-state index in [2.05, 4.69) is 11.1 Å². The number of aromatic amines is 1. The third-order valence-corrected chi connectivity index (χ3v) is 5.78. The molecule has 3 aliphatic rings. The number of ether oxygens (including phenoxy) is 1. The number of benzene rings is 1. The van der Waals surface area contributed by atoms with E-state index in [0.29, 0.717) is 19.5 Å². The number of fused-ring (bicyclic) bond motifs is 2. The van der Waals surface area contributed by atoms with Crippen LogP contribution in [0.5, 0.6) is 0 Å². The highest BCUT2D eigenvalue weighted by atomic mass is 16.5. The van der Waals surface area contributed by atoms with E-state index in [1.807, 2.05) is 30.5 Å². The molecule has 0 saturated carbocycles. The molecule has 1 amide bonds. The number of carbonyl (C=O) groups is 2. The number of likely N-dealkylation sites (tertiary alicyclic amines) is 1. The van der Waals surface area contributed by atoms with Crippen LogP contribution in [-0.2, 0) is 20.7 Å². The summed E-state index contributed by atoms with van der Waals surface area (Å²) in [5.74, 6) is -2.87. The van der Waals surface area contributed by atoms with Crippen LogP contribution in [0.15, 0.2) is 42.6 Å². The predicted octanol–water partition coefficient (Wildman–Crippen LogP) is 0.242. The lowest BCUT2D eigenvalue weighted by atomic mass is 9.77. The third-order valence-electron chi connectivity index (χ3n) is 5.78. The number of nitrogens with one attached hydrogen (secondary N) is 1. The fourth-order valence-electron chi connectivity index (χ4n) is 4.63. The van der Waals surface area contributed by atoms with Gasteiger partial charge in [0.05, 0.1) is 18.6 Å². The first-order valence-electron chi connectivity index (χ1n) is 8.51. The molecule has 0 unspecified atom stereocenters. The summed E-state index contributed by atoms with van der Waals surface area (Å²) in [6.45, 7) is 0.955. The number of hydrogen-bond donors (Lipinski definition) is 1. The van der Waals surface area contributed by atoms with Crippen LogP contribution in [-0.4, -0.2) is 46.6 Å². The summed E-state index contributed by atoms with van der Waals surface area (Å²) in [6, 6.07) is 8.05. The Morgan fingerprint density at radius 1 is 1.40 bits per heavy atom. The number of aliphatic carboxylic acids is 1. The molecule has 2 bridgehead atoms. The first-order chi connectivity index (χ1) is 12.1. The van der Waals surface area contributed by atoms with Crippen molar-refractivity contribution in [2.75, 3.05) is 13.1 Å². The second kappa shape index (κ2) is 4.95. The maximum atomic E-state index is 12.8. The zero-order chi connectivity index (χ0) is 17.2. The normalized spacial score (nSPS) is 32.7. The number of carbonyl (C=O) groups excluding carboxylic acids is 2. The van der Waals surface area contributed by atoms with Crippen molar-refractivity contribution in [3.05, 3.63) is 48.2 Å². The first-order valence-corrected chi connectivity index (χ1v) is 8.51. The van der Waals surface area contributed by atoms with Crippen LogP contribution < -0.4 is 5.11 Å². The second-order valence-electron chi connectivity index (χ2n) is 7.09. The van der Waals surface area contributed by atoms with Crippen LogP contribution in [0.3, 0.4) is 0 Å². The highest BCUT2D eigenvalue weighted by Crippen LogP contribution is 2.51. The number of rotatable bonds is 4. The molecule has 5 rings (SSSR count). The van der Waals surface area contributed by atoms with Crippen molar-refractivity contribution < 1.29 is 19.4 Å². The van der Waals surface area contributed by atoms with Gasteiger partial charge in [-0.25, -0.2) is 0 Å². The predicted molar refractivity (Wildman–Crippen MR) is 87.3 cm³/mol. The molecule has 128 valence electrons. The van der Waals surface area contributed by atoms with Crippen molar-refractivity contribution in [3.8, 4) is 0 Å². The Balaban J connectivity index is 1.37. The van der Waals surface area contributed by atoms with Gasteiger partial charge in [0.15, 0.2) is 0 Å². The van der Waals surface area contributed by atoms with Crippen molar-refractivity contribution in [2.45, 2.75) is 18.1 Å². The van der Waals surface area contributed by atoms with Gasteiger partial charge in [-0.05, 0) is 18.1 Å². The van der Waals surface area contributed by atoms with Crippen LogP contribution in [0, 0.1) is 11.8 Å². The summed E-state index contributed by atoms with van der Waals surface area (Å²) in [4.78, 5) is 29.3. The standard InChI is InChI=1S/C19H18N2O4/c22-17-16-15(18(23)24)14-5-7-19(16,25-14)10-21(17)8-6-11-9-20-13-4-2-1-3-12(11)13/h1-5,7,9,14-16,20H,6,8,10H2,(H,23,24)/p-1/t14-,15-,16-,19+/m0/s1. The van der Waals surface area contributed by atoms with Crippen molar-refractivity contribution in [2.24, 2.45) is 11.8 Å². The van der Waals surface area contributed by atoms with Gasteiger partial charge in [0.25, 0.3) is 0 Å². The van der Waals surface area contributed by atoms with Gasteiger partial charge in [-0.2, -0.15) is 0 Å². The van der Waals surface area contributed by atoms with E-state index in [-0.39, 0.29) is 5.91 Å². The highest BCUT2D eigenvalue weighted by Gasteiger charge is 2.65. The smallest absolute Gasteiger partial charge is 0.229 e. The van der Waals surface area contributed by atoms with E-state index >= 15 is 0 Å². The Bertz CT molecular complexity index is 917. The zero-order valence-electron chi connectivity index (χ0n) is 13.5. The minimum atomic E-state index is -1.20. The number of para-hydroxylation sites is 1. The van der Waals surface area contributed by atoms with Crippen LogP contribution >= 0.6 is 0 Å². The molecule has 1 aromatic carbocycles. The van der Waals surface area contributed by atoms with E-state index in [9.17, 15) is 14.7 Å². The minimum absolute atomic E-state index is 0.138. The van der Waals surface area contributed by atoms with Gasteiger partial charge in [-0.15, -0.1) is 0 Å². The van der Waals surface area contributed by atoms with Crippen LogP contribution in [0.4, 0.5) is 0 Å². The van der Waals surface area contributed by atoms with E-state index in [4.69, 9.17) is 4.74 Å². The van der Waals surface area contributed by atoms with E-state index in [1.54, 1.807) is 11.0 Å². The molecule has 1 N–H and O–H groups in total. The van der Waals surface area contributed by atoms with Crippen molar-refractivity contribution in [1.29, 1.82) is 0 Å². The molecule has 2 saturated heterocycles. The van der Waals surface area contributed by atoms with Gasteiger partial charge in [0.2, 0.25) is 5.91 Å². The van der Waals surface area contributed by atoms with E-state index < -0.39 is 29.5 Å². The lowest BCUT2D eigenvalue weighted by Gasteiger charge is -2.24. The fourth-order valence-corrected chi connectivity index (χ4v) is 4.63. The Hall–Kier alpha value is -2.60. The molecule has 1 spiro atoms. The number of carboxylic acids is 1. The molecule has 4 atom stereocenters. The molecular formula is C19H17N2O4-.